The summed E-state index contributed by atoms with van der Waals surface area (Å²) >= 11 is 0. The Morgan fingerprint density at radius 3 is 2.74 bits per heavy atom. The number of hydrogen-bond acceptors (Lipinski definition) is 5. The highest BCUT2D eigenvalue weighted by Gasteiger charge is 2.36. The van der Waals surface area contributed by atoms with E-state index in [1.165, 1.54) is 5.56 Å². The maximum atomic E-state index is 12.5. The van der Waals surface area contributed by atoms with E-state index in [1.54, 1.807) is 4.90 Å². The van der Waals surface area contributed by atoms with Gasteiger partial charge in [-0.1, -0.05) is 35.5 Å². The first-order chi connectivity index (χ1) is 13.3. The van der Waals surface area contributed by atoms with Crippen LogP contribution in [0.2, 0.25) is 0 Å². The predicted molar refractivity (Wildman–Crippen MR) is 100 cm³/mol. The Kier molecular flexibility index (Phi) is 5.70. The molecule has 1 aromatic heterocycles. The molecule has 2 heterocycles. The molecule has 1 aliphatic carbocycles. The van der Waals surface area contributed by atoms with Crippen LogP contribution in [-0.4, -0.2) is 33.8 Å². The van der Waals surface area contributed by atoms with Crippen molar-refractivity contribution in [2.45, 2.75) is 69.9 Å². The van der Waals surface area contributed by atoms with Gasteiger partial charge in [-0.25, -0.2) is 4.79 Å². The zero-order chi connectivity index (χ0) is 18.5. The summed E-state index contributed by atoms with van der Waals surface area (Å²) in [5.41, 5.74) is 1.32. The van der Waals surface area contributed by atoms with Crippen LogP contribution in [0.5, 0.6) is 0 Å². The lowest BCUT2D eigenvalue weighted by atomic mass is 10.1. The van der Waals surface area contributed by atoms with Gasteiger partial charge in [0, 0.05) is 13.0 Å². The molecule has 6 nitrogen and oxygen atoms in total. The van der Waals surface area contributed by atoms with Gasteiger partial charge in [0.2, 0.25) is 5.89 Å². The smallest absolute Gasteiger partial charge is 0.410 e. The third kappa shape index (κ3) is 4.49. The van der Waals surface area contributed by atoms with Crippen molar-refractivity contribution in [2.75, 3.05) is 6.54 Å². The SMILES string of the molecule is O=C(OC1CCCC1)N1CCC[C@H]1c1nc(CCCc2ccccc2)no1. The number of ether oxygens (including phenoxy) is 1. The molecule has 6 heteroatoms. The molecule has 0 unspecified atom stereocenters. The minimum Gasteiger partial charge on any atom is -0.446 e. The molecule has 4 rings (SSSR count). The zero-order valence-corrected chi connectivity index (χ0v) is 15.7. The average molecular weight is 369 g/mol. The van der Waals surface area contributed by atoms with Gasteiger partial charge in [-0.2, -0.15) is 4.98 Å². The summed E-state index contributed by atoms with van der Waals surface area (Å²) < 4.78 is 11.2. The highest BCUT2D eigenvalue weighted by atomic mass is 16.6. The topological polar surface area (TPSA) is 68.5 Å². The summed E-state index contributed by atoms with van der Waals surface area (Å²) in [5, 5.41) is 4.12. The Morgan fingerprint density at radius 2 is 1.93 bits per heavy atom. The van der Waals surface area contributed by atoms with Gasteiger partial charge in [-0.05, 0) is 56.9 Å². The summed E-state index contributed by atoms with van der Waals surface area (Å²) in [4.78, 5) is 18.9. The first-order valence-electron chi connectivity index (χ1n) is 10.1. The van der Waals surface area contributed by atoms with Crippen molar-refractivity contribution < 1.29 is 14.1 Å². The molecule has 0 bridgehead atoms. The number of amides is 1. The minimum atomic E-state index is -0.228. The van der Waals surface area contributed by atoms with E-state index in [1.807, 2.05) is 6.07 Å². The van der Waals surface area contributed by atoms with Crippen molar-refractivity contribution in [2.24, 2.45) is 0 Å². The number of carbonyl (C=O) groups excluding carboxylic acids is 1. The van der Waals surface area contributed by atoms with Gasteiger partial charge in [0.1, 0.15) is 12.1 Å². The Hall–Kier alpha value is -2.37. The normalized spacial score (nSPS) is 20.3. The van der Waals surface area contributed by atoms with E-state index in [0.717, 1.165) is 63.6 Å². The predicted octanol–water partition coefficient (Wildman–Crippen LogP) is 4.46. The van der Waals surface area contributed by atoms with Gasteiger partial charge in [0.05, 0.1) is 0 Å². The number of benzene rings is 1. The van der Waals surface area contributed by atoms with Gasteiger partial charge >= 0.3 is 6.09 Å². The molecule has 144 valence electrons. The van der Waals surface area contributed by atoms with Crippen LogP contribution < -0.4 is 0 Å². The Bertz CT molecular complexity index is 740. The number of likely N-dealkylation sites (tertiary alicyclic amines) is 1. The standard InChI is InChI=1S/C21H27N3O3/c25-21(26-17-11-4-5-12-17)24-15-7-13-18(24)20-22-19(23-27-20)14-6-10-16-8-2-1-3-9-16/h1-3,8-9,17-18H,4-7,10-15H2/t18-/m0/s1. The number of hydrogen-bond donors (Lipinski definition) is 0. The fraction of sp³-hybridized carbons (Fsp3) is 0.571. The highest BCUT2D eigenvalue weighted by molar-refractivity contribution is 5.68. The van der Waals surface area contributed by atoms with Crippen molar-refractivity contribution in [1.29, 1.82) is 0 Å². The number of aryl methyl sites for hydroxylation is 2. The lowest BCUT2D eigenvalue weighted by Crippen LogP contribution is -2.33. The van der Waals surface area contributed by atoms with Crippen LogP contribution in [0.1, 0.15) is 68.3 Å². The average Bonchev–Trinajstić information content (AvgIpc) is 3.44. The third-order valence-electron chi connectivity index (χ3n) is 5.53. The molecule has 2 fully saturated rings. The van der Waals surface area contributed by atoms with Crippen molar-refractivity contribution in [1.82, 2.24) is 15.0 Å². The lowest BCUT2D eigenvalue weighted by Gasteiger charge is -2.23. The zero-order valence-electron chi connectivity index (χ0n) is 15.7. The summed E-state index contributed by atoms with van der Waals surface area (Å²) in [7, 11) is 0. The fourth-order valence-electron chi connectivity index (χ4n) is 4.06. The molecule has 1 aromatic carbocycles. The molecule has 2 aromatic rings. The highest BCUT2D eigenvalue weighted by Crippen LogP contribution is 2.32. The molecular formula is C21H27N3O3. The van der Waals surface area contributed by atoms with E-state index in [4.69, 9.17) is 9.26 Å². The lowest BCUT2D eigenvalue weighted by molar-refractivity contribution is 0.0581. The second-order valence-corrected chi connectivity index (χ2v) is 7.53. The molecule has 2 aliphatic rings. The van der Waals surface area contributed by atoms with Crippen molar-refractivity contribution >= 4 is 6.09 Å². The van der Waals surface area contributed by atoms with Gasteiger partial charge in [-0.15, -0.1) is 0 Å². The molecule has 1 saturated carbocycles. The summed E-state index contributed by atoms with van der Waals surface area (Å²) in [6, 6.07) is 10.3. The van der Waals surface area contributed by atoms with Gasteiger partial charge in [0.25, 0.3) is 0 Å². The van der Waals surface area contributed by atoms with Crippen molar-refractivity contribution in [3.63, 3.8) is 0 Å². The molecule has 1 aliphatic heterocycles. The molecule has 0 N–H and O–H groups in total. The largest absolute Gasteiger partial charge is 0.446 e. The van der Waals surface area contributed by atoms with E-state index in [0.29, 0.717) is 12.4 Å². The monoisotopic (exact) mass is 369 g/mol. The first-order valence-corrected chi connectivity index (χ1v) is 10.1. The third-order valence-corrected chi connectivity index (χ3v) is 5.53. The molecule has 0 spiro atoms. The van der Waals surface area contributed by atoms with Crippen LogP contribution in [0.4, 0.5) is 4.79 Å². The fourth-order valence-corrected chi connectivity index (χ4v) is 4.06. The van der Waals surface area contributed by atoms with Gasteiger partial charge in [-0.3, -0.25) is 4.90 Å². The number of carbonyl (C=O) groups is 1. The summed E-state index contributed by atoms with van der Waals surface area (Å²) in [6.45, 7) is 0.696. The summed E-state index contributed by atoms with van der Waals surface area (Å²) in [6.07, 6.45) is 8.65. The van der Waals surface area contributed by atoms with Crippen LogP contribution in [0.15, 0.2) is 34.9 Å². The van der Waals surface area contributed by atoms with Gasteiger partial charge < -0.3 is 9.26 Å². The quantitative estimate of drug-likeness (QED) is 0.752. The van der Waals surface area contributed by atoms with Crippen LogP contribution in [0, 0.1) is 0 Å². The maximum absolute atomic E-state index is 12.5. The second kappa shape index (κ2) is 8.55. The number of aromatic nitrogens is 2. The van der Waals surface area contributed by atoms with Crippen molar-refractivity contribution in [3.05, 3.63) is 47.6 Å². The molecule has 0 radical (unpaired) electrons. The molecular weight excluding hydrogens is 342 g/mol. The molecule has 1 atom stereocenters. The van der Waals surface area contributed by atoms with Crippen LogP contribution in [0.3, 0.4) is 0 Å². The minimum absolute atomic E-state index is 0.0787. The van der Waals surface area contributed by atoms with E-state index >= 15 is 0 Å². The molecule has 1 saturated heterocycles. The van der Waals surface area contributed by atoms with E-state index < -0.39 is 0 Å². The Morgan fingerprint density at radius 1 is 1.11 bits per heavy atom. The maximum Gasteiger partial charge on any atom is 0.410 e. The van der Waals surface area contributed by atoms with E-state index in [9.17, 15) is 4.79 Å². The Labute approximate surface area is 159 Å². The van der Waals surface area contributed by atoms with Crippen molar-refractivity contribution in [3.8, 4) is 0 Å². The molecule has 27 heavy (non-hydrogen) atoms. The van der Waals surface area contributed by atoms with Crippen LogP contribution in [-0.2, 0) is 17.6 Å². The second-order valence-electron chi connectivity index (χ2n) is 7.53. The van der Waals surface area contributed by atoms with E-state index in [-0.39, 0.29) is 18.2 Å². The Balaban J connectivity index is 1.31. The van der Waals surface area contributed by atoms with Crippen LogP contribution in [0.25, 0.3) is 0 Å². The molecule has 1 amide bonds. The number of rotatable bonds is 6. The first kappa shape index (κ1) is 18.0. The summed E-state index contributed by atoms with van der Waals surface area (Å²) in [5.74, 6) is 1.27. The van der Waals surface area contributed by atoms with Gasteiger partial charge in [0.15, 0.2) is 5.82 Å². The number of nitrogens with zero attached hydrogens (tertiary/aromatic N) is 3. The van der Waals surface area contributed by atoms with E-state index in [2.05, 4.69) is 34.4 Å². The van der Waals surface area contributed by atoms with Crippen LogP contribution >= 0.6 is 0 Å².